The van der Waals surface area contributed by atoms with Crippen LogP contribution in [0.5, 0.6) is 5.75 Å². The molecule has 3 atom stereocenters. The number of aromatic nitrogens is 3. The number of carbonyl (C=O) groups is 1. The van der Waals surface area contributed by atoms with Gasteiger partial charge in [0.05, 0.1) is 41.6 Å². The zero-order valence-electron chi connectivity index (χ0n) is 23.1. The van der Waals surface area contributed by atoms with Gasteiger partial charge in [0.25, 0.3) is 0 Å². The van der Waals surface area contributed by atoms with Crippen molar-refractivity contribution < 1.29 is 27.8 Å². The molecule has 3 N–H and O–H groups in total. The Bertz CT molecular complexity index is 1450. The monoisotopic (exact) mass is 570 g/mol. The third kappa shape index (κ3) is 7.64. The molecule has 1 unspecified atom stereocenters. The molecule has 12 nitrogen and oxygen atoms in total. The van der Waals surface area contributed by atoms with E-state index in [1.807, 2.05) is 26.0 Å². The number of hydrogen-bond donors (Lipinski definition) is 3. The number of carbonyl (C=O) groups excluding carboxylic acids is 1. The lowest BCUT2D eigenvalue weighted by Crippen LogP contribution is -2.45. The summed E-state index contributed by atoms with van der Waals surface area (Å²) >= 11 is 0. The lowest BCUT2D eigenvalue weighted by atomic mass is 10.1. The summed E-state index contributed by atoms with van der Waals surface area (Å²) in [5.74, 6) is 0.385. The molecule has 1 amide bonds. The molecule has 1 fully saturated rings. The topological polar surface area (TPSA) is 156 Å². The van der Waals surface area contributed by atoms with E-state index in [2.05, 4.69) is 30.5 Å². The first-order valence-corrected chi connectivity index (χ1v) is 14.7. The SMILES string of the molecule is CC(=O)Nc1cc(Nc2cc(OCC(C)O)cc(S(C)(=O)=O)n2)c(-c2ccc(N3C[C@@H](C)O[C@@H](C)C3)cn2)cn1. The van der Waals surface area contributed by atoms with Gasteiger partial charge in [-0.25, -0.2) is 18.4 Å². The van der Waals surface area contributed by atoms with Crippen molar-refractivity contribution in [3.8, 4) is 17.0 Å². The molecule has 13 heteroatoms. The summed E-state index contributed by atoms with van der Waals surface area (Å²) in [6.07, 6.45) is 3.86. The molecule has 3 aromatic rings. The number of ether oxygens (including phenoxy) is 2. The van der Waals surface area contributed by atoms with Gasteiger partial charge in [0.1, 0.15) is 24.0 Å². The largest absolute Gasteiger partial charge is 0.491 e. The van der Waals surface area contributed by atoms with Crippen molar-refractivity contribution >= 4 is 38.8 Å². The Labute approximate surface area is 233 Å². The minimum absolute atomic E-state index is 0.0309. The molecule has 40 heavy (non-hydrogen) atoms. The Morgan fingerprint density at radius 1 is 1.15 bits per heavy atom. The van der Waals surface area contributed by atoms with Crippen molar-refractivity contribution in [3.05, 3.63) is 42.7 Å². The zero-order chi connectivity index (χ0) is 29.0. The predicted molar refractivity (Wildman–Crippen MR) is 152 cm³/mol. The van der Waals surface area contributed by atoms with Crippen molar-refractivity contribution in [1.29, 1.82) is 0 Å². The molecular weight excluding hydrogens is 536 g/mol. The third-order valence-electron chi connectivity index (χ3n) is 5.93. The Hall–Kier alpha value is -3.81. The van der Waals surface area contributed by atoms with Gasteiger partial charge in [-0.3, -0.25) is 9.78 Å². The molecule has 4 rings (SSSR count). The van der Waals surface area contributed by atoms with Crippen LogP contribution in [0.1, 0.15) is 27.7 Å². The number of sulfone groups is 1. The minimum Gasteiger partial charge on any atom is -0.491 e. The predicted octanol–water partition coefficient (Wildman–Crippen LogP) is 3.02. The number of nitrogens with zero attached hydrogens (tertiary/aromatic N) is 4. The highest BCUT2D eigenvalue weighted by Gasteiger charge is 2.23. The fraction of sp³-hybridized carbons (Fsp3) is 0.407. The van der Waals surface area contributed by atoms with Gasteiger partial charge in [-0.05, 0) is 32.9 Å². The first-order chi connectivity index (χ1) is 18.9. The first kappa shape index (κ1) is 29.2. The van der Waals surface area contributed by atoms with Crippen LogP contribution in [0.4, 0.5) is 23.0 Å². The standard InChI is InChI=1S/C27H34N6O6S/c1-16(34)15-38-21-8-26(32-27(9-21)40(5,36)37)31-24-10-25(30-19(4)35)29-12-22(24)23-7-6-20(11-28-23)33-13-17(2)39-18(3)14-33/h6-12,16-18,34H,13-15H2,1-5H3,(H2,29,30,31,32,35)/t16?,17-,18+. The van der Waals surface area contributed by atoms with Gasteiger partial charge >= 0.3 is 0 Å². The smallest absolute Gasteiger partial charge is 0.222 e. The third-order valence-corrected chi connectivity index (χ3v) is 6.89. The molecule has 0 bridgehead atoms. The van der Waals surface area contributed by atoms with Crippen LogP contribution in [-0.2, 0) is 19.4 Å². The van der Waals surface area contributed by atoms with E-state index >= 15 is 0 Å². The zero-order valence-corrected chi connectivity index (χ0v) is 23.9. The molecule has 3 aromatic heterocycles. The summed E-state index contributed by atoms with van der Waals surface area (Å²) in [6.45, 7) is 8.50. The van der Waals surface area contributed by atoms with Crippen molar-refractivity contribution in [1.82, 2.24) is 15.0 Å². The Kier molecular flexibility index (Phi) is 8.86. The van der Waals surface area contributed by atoms with E-state index in [1.165, 1.54) is 19.1 Å². The molecule has 4 heterocycles. The van der Waals surface area contributed by atoms with E-state index in [0.29, 0.717) is 16.9 Å². The number of amides is 1. The van der Waals surface area contributed by atoms with Crippen LogP contribution in [0, 0.1) is 0 Å². The van der Waals surface area contributed by atoms with Gasteiger partial charge in [0.15, 0.2) is 14.9 Å². The van der Waals surface area contributed by atoms with Crippen LogP contribution < -0.4 is 20.3 Å². The highest BCUT2D eigenvalue weighted by molar-refractivity contribution is 7.90. The molecule has 1 saturated heterocycles. The van der Waals surface area contributed by atoms with E-state index in [-0.39, 0.29) is 47.1 Å². The summed E-state index contributed by atoms with van der Waals surface area (Å²) in [7, 11) is -3.68. The summed E-state index contributed by atoms with van der Waals surface area (Å²) in [6, 6.07) is 8.28. The van der Waals surface area contributed by atoms with Crippen molar-refractivity contribution in [2.45, 2.75) is 51.0 Å². The van der Waals surface area contributed by atoms with Crippen molar-refractivity contribution in [2.75, 3.05) is 41.5 Å². The number of hydrogen-bond acceptors (Lipinski definition) is 11. The molecule has 0 spiro atoms. The van der Waals surface area contributed by atoms with Crippen LogP contribution in [0.25, 0.3) is 11.3 Å². The first-order valence-electron chi connectivity index (χ1n) is 12.8. The second kappa shape index (κ2) is 12.1. The molecule has 0 saturated carbocycles. The summed E-state index contributed by atoms with van der Waals surface area (Å²) in [5.41, 5.74) is 2.65. The maximum Gasteiger partial charge on any atom is 0.222 e. The number of aliphatic hydroxyl groups is 1. The number of nitrogens with one attached hydrogen (secondary N) is 2. The molecule has 0 aliphatic carbocycles. The maximum atomic E-state index is 12.3. The maximum absolute atomic E-state index is 12.3. The Morgan fingerprint density at radius 2 is 1.88 bits per heavy atom. The molecule has 214 valence electrons. The van der Waals surface area contributed by atoms with Gasteiger partial charge in [-0.2, -0.15) is 0 Å². The lowest BCUT2D eigenvalue weighted by molar-refractivity contribution is -0.114. The normalized spacial score (nSPS) is 18.2. The summed E-state index contributed by atoms with van der Waals surface area (Å²) in [5, 5.41) is 15.2. The quantitative estimate of drug-likeness (QED) is 0.347. The van der Waals surface area contributed by atoms with Gasteiger partial charge in [-0.15, -0.1) is 0 Å². The number of aliphatic hydroxyl groups excluding tert-OH is 1. The molecule has 0 aromatic carbocycles. The van der Waals surface area contributed by atoms with E-state index in [4.69, 9.17) is 9.47 Å². The fourth-order valence-corrected chi connectivity index (χ4v) is 4.90. The number of morpholine rings is 1. The molecule has 0 radical (unpaired) electrons. The van der Waals surface area contributed by atoms with E-state index in [1.54, 1.807) is 25.4 Å². The van der Waals surface area contributed by atoms with Crippen LogP contribution in [-0.4, -0.2) is 78.6 Å². The lowest BCUT2D eigenvalue weighted by Gasteiger charge is -2.36. The van der Waals surface area contributed by atoms with E-state index in [0.717, 1.165) is 25.0 Å². The van der Waals surface area contributed by atoms with E-state index in [9.17, 15) is 18.3 Å². The summed E-state index contributed by atoms with van der Waals surface area (Å²) in [4.78, 5) is 27.2. The summed E-state index contributed by atoms with van der Waals surface area (Å²) < 4.78 is 36.0. The highest BCUT2D eigenvalue weighted by atomic mass is 32.2. The minimum atomic E-state index is -3.68. The van der Waals surface area contributed by atoms with Gasteiger partial charge in [-0.1, -0.05) is 0 Å². The molecule has 1 aliphatic heterocycles. The number of pyridine rings is 3. The Morgan fingerprint density at radius 3 is 2.48 bits per heavy atom. The van der Waals surface area contributed by atoms with Crippen molar-refractivity contribution in [3.63, 3.8) is 0 Å². The van der Waals surface area contributed by atoms with E-state index < -0.39 is 15.9 Å². The van der Waals surface area contributed by atoms with Gasteiger partial charge in [0.2, 0.25) is 5.91 Å². The second-order valence-electron chi connectivity index (χ2n) is 9.94. The average molecular weight is 571 g/mol. The molecular formula is C27H34N6O6S. The average Bonchev–Trinajstić information content (AvgIpc) is 2.86. The van der Waals surface area contributed by atoms with Crippen LogP contribution in [0.15, 0.2) is 47.8 Å². The number of rotatable bonds is 9. The Balaban J connectivity index is 1.71. The van der Waals surface area contributed by atoms with Crippen LogP contribution >= 0.6 is 0 Å². The fourth-order valence-electron chi connectivity index (χ4n) is 4.31. The highest BCUT2D eigenvalue weighted by Crippen LogP contribution is 2.33. The second-order valence-corrected chi connectivity index (χ2v) is 11.9. The van der Waals surface area contributed by atoms with Gasteiger partial charge in [0, 0.05) is 56.2 Å². The van der Waals surface area contributed by atoms with Gasteiger partial charge < -0.3 is 30.1 Å². The molecule has 1 aliphatic rings. The van der Waals surface area contributed by atoms with Crippen molar-refractivity contribution in [2.24, 2.45) is 0 Å². The van der Waals surface area contributed by atoms with Crippen LogP contribution in [0.2, 0.25) is 0 Å². The van der Waals surface area contributed by atoms with Crippen LogP contribution in [0.3, 0.4) is 0 Å². The number of anilines is 4.